The van der Waals surface area contributed by atoms with E-state index < -0.39 is 0 Å². The van der Waals surface area contributed by atoms with Crippen LogP contribution in [-0.4, -0.2) is 72.3 Å². The molecule has 1 saturated heterocycles. The maximum atomic E-state index is 12.5. The van der Waals surface area contributed by atoms with Crippen molar-refractivity contribution < 1.29 is 9.59 Å². The van der Waals surface area contributed by atoms with Crippen LogP contribution in [0.3, 0.4) is 0 Å². The molecule has 1 aromatic rings. The van der Waals surface area contributed by atoms with Crippen LogP contribution in [0.1, 0.15) is 29.3 Å². The number of rotatable bonds is 5. The second kappa shape index (κ2) is 8.63. The molecule has 0 saturated carbocycles. The quantitative estimate of drug-likeness (QED) is 0.813. The molecule has 0 spiro atoms. The normalized spacial score (nSPS) is 16.2. The Morgan fingerprint density at radius 1 is 1.20 bits per heavy atom. The standard InChI is InChI=1S/C19H26N4O2/c1-15-5-7-17(8-6-15)19(25)23-13-11-22(12-14-23)16(2)18(24)21(3)10-4-9-20/h5-8,16H,4,10-14H2,1-3H3/t16-/m0/s1. The minimum atomic E-state index is -0.236. The zero-order valence-electron chi connectivity index (χ0n) is 15.2. The van der Waals surface area contributed by atoms with Crippen molar-refractivity contribution in [3.8, 4) is 6.07 Å². The summed E-state index contributed by atoms with van der Waals surface area (Å²) in [5.41, 5.74) is 1.84. The van der Waals surface area contributed by atoms with E-state index in [1.165, 1.54) is 0 Å². The van der Waals surface area contributed by atoms with Gasteiger partial charge in [-0.3, -0.25) is 14.5 Å². The fraction of sp³-hybridized carbons (Fsp3) is 0.526. The van der Waals surface area contributed by atoms with Gasteiger partial charge >= 0.3 is 0 Å². The molecule has 0 bridgehead atoms. The highest BCUT2D eigenvalue weighted by Gasteiger charge is 2.29. The summed E-state index contributed by atoms with van der Waals surface area (Å²) in [5, 5.41) is 8.64. The summed E-state index contributed by atoms with van der Waals surface area (Å²) in [5.74, 6) is 0.0679. The third-order valence-electron chi connectivity index (χ3n) is 4.74. The Balaban J connectivity index is 1.88. The van der Waals surface area contributed by atoms with Gasteiger partial charge in [-0.05, 0) is 26.0 Å². The first-order valence-electron chi connectivity index (χ1n) is 8.66. The van der Waals surface area contributed by atoms with E-state index in [9.17, 15) is 9.59 Å². The van der Waals surface area contributed by atoms with Gasteiger partial charge < -0.3 is 9.80 Å². The lowest BCUT2D eigenvalue weighted by atomic mass is 10.1. The van der Waals surface area contributed by atoms with Crippen LogP contribution in [0.5, 0.6) is 0 Å². The van der Waals surface area contributed by atoms with Crippen LogP contribution in [0.15, 0.2) is 24.3 Å². The fourth-order valence-corrected chi connectivity index (χ4v) is 2.99. The largest absolute Gasteiger partial charge is 0.343 e. The van der Waals surface area contributed by atoms with Gasteiger partial charge in [0.15, 0.2) is 0 Å². The number of hydrogen-bond acceptors (Lipinski definition) is 4. The first-order chi connectivity index (χ1) is 11.9. The number of benzene rings is 1. The number of likely N-dealkylation sites (N-methyl/N-ethyl adjacent to an activating group) is 1. The lowest BCUT2D eigenvalue weighted by Crippen LogP contribution is -2.55. The number of amides is 2. The van der Waals surface area contributed by atoms with E-state index in [2.05, 4.69) is 11.0 Å². The number of hydrogen-bond donors (Lipinski definition) is 0. The third kappa shape index (κ3) is 4.80. The number of carbonyl (C=O) groups is 2. The molecule has 0 unspecified atom stereocenters. The second-order valence-electron chi connectivity index (χ2n) is 6.54. The molecule has 1 aliphatic heterocycles. The number of piperazine rings is 1. The van der Waals surface area contributed by atoms with Gasteiger partial charge in [-0.2, -0.15) is 5.26 Å². The van der Waals surface area contributed by atoms with Gasteiger partial charge in [0.1, 0.15) is 0 Å². The number of carbonyl (C=O) groups excluding carboxylic acids is 2. The average Bonchev–Trinajstić information content (AvgIpc) is 2.65. The Labute approximate surface area is 149 Å². The summed E-state index contributed by atoms with van der Waals surface area (Å²) in [6.07, 6.45) is 0.341. The maximum absolute atomic E-state index is 12.5. The van der Waals surface area contributed by atoms with Crippen LogP contribution in [0.2, 0.25) is 0 Å². The van der Waals surface area contributed by atoms with Crippen molar-refractivity contribution >= 4 is 11.8 Å². The van der Waals surface area contributed by atoms with Crippen molar-refractivity contribution in [1.82, 2.24) is 14.7 Å². The summed E-state index contributed by atoms with van der Waals surface area (Å²) < 4.78 is 0. The summed E-state index contributed by atoms with van der Waals surface area (Å²) in [4.78, 5) is 30.5. The van der Waals surface area contributed by atoms with Crippen LogP contribution in [-0.2, 0) is 4.79 Å². The Kier molecular flexibility index (Phi) is 6.54. The Morgan fingerprint density at radius 3 is 2.36 bits per heavy atom. The van der Waals surface area contributed by atoms with Gasteiger partial charge in [-0.15, -0.1) is 0 Å². The minimum Gasteiger partial charge on any atom is -0.343 e. The summed E-state index contributed by atoms with van der Waals surface area (Å²) in [6, 6.07) is 9.44. The summed E-state index contributed by atoms with van der Waals surface area (Å²) in [7, 11) is 1.73. The molecule has 1 aliphatic rings. The van der Waals surface area contributed by atoms with Crippen molar-refractivity contribution in [1.29, 1.82) is 5.26 Å². The summed E-state index contributed by atoms with van der Waals surface area (Å²) >= 11 is 0. The lowest BCUT2D eigenvalue weighted by molar-refractivity contribution is -0.135. The molecule has 6 heteroatoms. The molecule has 0 aliphatic carbocycles. The van der Waals surface area contributed by atoms with Gasteiger partial charge in [0.25, 0.3) is 5.91 Å². The van der Waals surface area contributed by atoms with Crippen LogP contribution in [0.25, 0.3) is 0 Å². The van der Waals surface area contributed by atoms with Gasteiger partial charge in [0.2, 0.25) is 5.91 Å². The highest BCUT2D eigenvalue weighted by Crippen LogP contribution is 2.13. The van der Waals surface area contributed by atoms with E-state index in [1.807, 2.05) is 43.0 Å². The molecule has 1 heterocycles. The van der Waals surface area contributed by atoms with Crippen LogP contribution < -0.4 is 0 Å². The smallest absolute Gasteiger partial charge is 0.253 e. The molecule has 1 fully saturated rings. The Bertz CT molecular complexity index is 642. The molecule has 6 nitrogen and oxygen atoms in total. The highest BCUT2D eigenvalue weighted by molar-refractivity contribution is 5.94. The van der Waals surface area contributed by atoms with Crippen molar-refractivity contribution in [3.63, 3.8) is 0 Å². The van der Waals surface area contributed by atoms with Crippen molar-refractivity contribution in [2.45, 2.75) is 26.3 Å². The van der Waals surface area contributed by atoms with Gasteiger partial charge in [-0.25, -0.2) is 0 Å². The zero-order chi connectivity index (χ0) is 18.4. The van der Waals surface area contributed by atoms with Crippen LogP contribution in [0.4, 0.5) is 0 Å². The van der Waals surface area contributed by atoms with E-state index in [-0.39, 0.29) is 17.9 Å². The first kappa shape index (κ1) is 18.9. The van der Waals surface area contributed by atoms with Crippen molar-refractivity contribution in [3.05, 3.63) is 35.4 Å². The number of nitriles is 1. The second-order valence-corrected chi connectivity index (χ2v) is 6.54. The topological polar surface area (TPSA) is 67.7 Å². The van der Waals surface area contributed by atoms with E-state index in [1.54, 1.807) is 11.9 Å². The SMILES string of the molecule is Cc1ccc(C(=O)N2CCN([C@@H](C)C(=O)N(C)CCC#N)CC2)cc1. The average molecular weight is 342 g/mol. The third-order valence-corrected chi connectivity index (χ3v) is 4.74. The molecule has 1 atom stereocenters. The van der Waals surface area contributed by atoms with Crippen molar-refractivity contribution in [2.75, 3.05) is 39.8 Å². The van der Waals surface area contributed by atoms with Gasteiger partial charge in [0, 0.05) is 45.3 Å². The minimum absolute atomic E-state index is 0.0218. The highest BCUT2D eigenvalue weighted by atomic mass is 16.2. The van der Waals surface area contributed by atoms with E-state index >= 15 is 0 Å². The Morgan fingerprint density at radius 2 is 1.80 bits per heavy atom. The molecular weight excluding hydrogens is 316 g/mol. The molecule has 1 aromatic carbocycles. The molecule has 25 heavy (non-hydrogen) atoms. The molecule has 2 rings (SSSR count). The zero-order valence-corrected chi connectivity index (χ0v) is 15.2. The molecule has 0 radical (unpaired) electrons. The predicted molar refractivity (Wildman–Crippen MR) is 96.0 cm³/mol. The molecule has 0 aromatic heterocycles. The van der Waals surface area contributed by atoms with Crippen LogP contribution in [0, 0.1) is 18.3 Å². The summed E-state index contributed by atoms with van der Waals surface area (Å²) in [6.45, 7) is 6.93. The molecule has 0 N–H and O–H groups in total. The fourth-order valence-electron chi connectivity index (χ4n) is 2.99. The lowest BCUT2D eigenvalue weighted by Gasteiger charge is -2.38. The van der Waals surface area contributed by atoms with Crippen LogP contribution >= 0.6 is 0 Å². The maximum Gasteiger partial charge on any atom is 0.253 e. The number of aryl methyl sites for hydroxylation is 1. The molecule has 134 valence electrons. The first-order valence-corrected chi connectivity index (χ1v) is 8.66. The van der Waals surface area contributed by atoms with E-state index in [0.717, 1.165) is 5.56 Å². The van der Waals surface area contributed by atoms with E-state index in [4.69, 9.17) is 5.26 Å². The molecular formula is C19H26N4O2. The monoisotopic (exact) mass is 342 g/mol. The predicted octanol–water partition coefficient (Wildman–Crippen LogP) is 1.51. The van der Waals surface area contributed by atoms with Gasteiger partial charge in [0.05, 0.1) is 18.5 Å². The molecule has 2 amide bonds. The number of nitrogens with zero attached hydrogens (tertiary/aromatic N) is 4. The van der Waals surface area contributed by atoms with E-state index in [0.29, 0.717) is 44.7 Å². The Hall–Kier alpha value is -2.39. The van der Waals surface area contributed by atoms with Gasteiger partial charge in [-0.1, -0.05) is 17.7 Å². The van der Waals surface area contributed by atoms with Crippen molar-refractivity contribution in [2.24, 2.45) is 0 Å².